The van der Waals surface area contributed by atoms with Gasteiger partial charge in [-0.1, -0.05) is 93.3 Å². The summed E-state index contributed by atoms with van der Waals surface area (Å²) in [4.78, 5) is 12.9. The summed E-state index contributed by atoms with van der Waals surface area (Å²) in [7, 11) is -2.90. The van der Waals surface area contributed by atoms with E-state index in [1.807, 2.05) is 26.0 Å². The molecule has 202 valence electrons. The molecule has 2 aliphatic rings. The van der Waals surface area contributed by atoms with Crippen LogP contribution in [0.4, 0.5) is 0 Å². The minimum Gasteiger partial charge on any atom is -0.484 e. The summed E-state index contributed by atoms with van der Waals surface area (Å²) in [6.07, 6.45) is 4.17. The highest BCUT2D eigenvalue weighted by Crippen LogP contribution is 2.39. The van der Waals surface area contributed by atoms with Gasteiger partial charge >= 0.3 is 0 Å². The highest BCUT2D eigenvalue weighted by atomic mass is 28.4. The molecule has 2 aromatic carbocycles. The molecule has 2 aliphatic heterocycles. The van der Waals surface area contributed by atoms with Crippen molar-refractivity contribution in [3.63, 3.8) is 0 Å². The summed E-state index contributed by atoms with van der Waals surface area (Å²) in [6, 6.07) is 20.9. The zero-order chi connectivity index (χ0) is 27.2. The molecule has 1 saturated heterocycles. The Balaban J connectivity index is 1.71. The molecule has 6 heteroatoms. The summed E-state index contributed by atoms with van der Waals surface area (Å²) in [6.45, 7) is 11.3. The summed E-state index contributed by atoms with van der Waals surface area (Å²) >= 11 is 0. The molecule has 0 aromatic heterocycles. The number of carbonyl (C=O) groups is 1. The largest absolute Gasteiger partial charge is 0.484 e. The lowest BCUT2D eigenvalue weighted by molar-refractivity contribution is -0.154. The first-order valence-electron chi connectivity index (χ1n) is 13.6. The van der Waals surface area contributed by atoms with Crippen molar-refractivity contribution in [2.24, 2.45) is 0 Å². The van der Waals surface area contributed by atoms with Crippen LogP contribution in [0.15, 0.2) is 72.5 Å². The van der Waals surface area contributed by atoms with Crippen molar-refractivity contribution in [3.8, 4) is 11.8 Å². The number of hydrogen-bond acceptors (Lipinski definition) is 5. The smallest absolute Gasteiger partial charge is 0.262 e. The van der Waals surface area contributed by atoms with Crippen molar-refractivity contribution in [2.45, 2.75) is 83.3 Å². The molecule has 3 unspecified atom stereocenters. The van der Waals surface area contributed by atoms with Crippen molar-refractivity contribution < 1.29 is 23.4 Å². The fourth-order valence-electron chi connectivity index (χ4n) is 5.43. The molecule has 0 saturated carbocycles. The number of hydrogen-bond donors (Lipinski definition) is 0. The van der Waals surface area contributed by atoms with E-state index in [9.17, 15) is 4.79 Å². The second kappa shape index (κ2) is 12.0. The van der Waals surface area contributed by atoms with E-state index < -0.39 is 20.0 Å². The Labute approximate surface area is 228 Å². The number of carbonyl (C=O) groups excluding carboxylic acids is 1. The Morgan fingerprint density at radius 3 is 2.18 bits per heavy atom. The molecule has 0 amide bonds. The molecule has 2 heterocycles. The SMILES string of the molecule is CC1=CC(=O)C(C)(CC(C#CCOC2CCCCO2)O[Si](c2ccccc2)(c2ccccc2)C(C)(C)C)O1. The second-order valence-electron chi connectivity index (χ2n) is 11.4. The molecule has 5 nitrogen and oxygen atoms in total. The average Bonchev–Trinajstić information content (AvgIpc) is 3.16. The maximum Gasteiger partial charge on any atom is 0.262 e. The monoisotopic (exact) mass is 532 g/mol. The summed E-state index contributed by atoms with van der Waals surface area (Å²) in [5.41, 5.74) is -1.03. The summed E-state index contributed by atoms with van der Waals surface area (Å²) in [5.74, 6) is 7.09. The first kappa shape index (κ1) is 28.3. The van der Waals surface area contributed by atoms with E-state index in [1.165, 1.54) is 0 Å². The third-order valence-corrected chi connectivity index (χ3v) is 12.3. The Bertz CT molecular complexity index is 1130. The molecule has 2 aromatic rings. The molecule has 0 spiro atoms. The number of rotatable bonds is 8. The molecule has 4 rings (SSSR count). The van der Waals surface area contributed by atoms with Crippen LogP contribution in [0, 0.1) is 11.8 Å². The lowest BCUT2D eigenvalue weighted by Crippen LogP contribution is -2.68. The molecule has 38 heavy (non-hydrogen) atoms. The Hall–Kier alpha value is -2.69. The predicted molar refractivity (Wildman–Crippen MR) is 153 cm³/mol. The molecule has 0 radical (unpaired) electrons. The highest BCUT2D eigenvalue weighted by molar-refractivity contribution is 6.99. The molecule has 1 fully saturated rings. The van der Waals surface area contributed by atoms with Gasteiger partial charge in [-0.05, 0) is 48.5 Å². The number of benzene rings is 2. The van der Waals surface area contributed by atoms with Crippen LogP contribution in [0.25, 0.3) is 0 Å². The summed E-state index contributed by atoms with van der Waals surface area (Å²) < 4.78 is 24.9. The van der Waals surface area contributed by atoms with Crippen LogP contribution >= 0.6 is 0 Å². The van der Waals surface area contributed by atoms with Crippen LogP contribution in [-0.4, -0.2) is 45.3 Å². The van der Waals surface area contributed by atoms with Gasteiger partial charge in [0.1, 0.15) is 12.7 Å². The molecule has 3 atom stereocenters. The van der Waals surface area contributed by atoms with Crippen LogP contribution in [0.2, 0.25) is 5.04 Å². The fraction of sp³-hybridized carbons (Fsp3) is 0.469. The van der Waals surface area contributed by atoms with Crippen LogP contribution < -0.4 is 10.4 Å². The van der Waals surface area contributed by atoms with E-state index in [4.69, 9.17) is 18.6 Å². The first-order chi connectivity index (χ1) is 18.1. The molecular formula is C32H40O5Si. The molecule has 0 N–H and O–H groups in total. The fourth-order valence-corrected chi connectivity index (χ4v) is 10.0. The van der Waals surface area contributed by atoms with E-state index in [1.54, 1.807) is 6.08 Å². The molecule has 0 aliphatic carbocycles. The predicted octanol–water partition coefficient (Wildman–Crippen LogP) is 5.13. The molecule has 0 bridgehead atoms. The Morgan fingerprint density at radius 2 is 1.68 bits per heavy atom. The lowest BCUT2D eigenvalue weighted by atomic mass is 9.94. The van der Waals surface area contributed by atoms with Crippen LogP contribution in [0.1, 0.15) is 60.3 Å². The zero-order valence-electron chi connectivity index (χ0n) is 23.3. The van der Waals surface area contributed by atoms with Crippen molar-refractivity contribution in [3.05, 3.63) is 72.5 Å². The quantitative estimate of drug-likeness (QED) is 0.349. The van der Waals surface area contributed by atoms with Gasteiger partial charge in [-0.3, -0.25) is 4.79 Å². The van der Waals surface area contributed by atoms with Crippen molar-refractivity contribution in [2.75, 3.05) is 13.2 Å². The second-order valence-corrected chi connectivity index (χ2v) is 15.6. The van der Waals surface area contributed by atoms with Crippen molar-refractivity contribution >= 4 is 24.5 Å². The van der Waals surface area contributed by atoms with Gasteiger partial charge in [-0.15, -0.1) is 0 Å². The Morgan fingerprint density at radius 1 is 1.05 bits per heavy atom. The lowest BCUT2D eigenvalue weighted by Gasteiger charge is -2.45. The third-order valence-electron chi connectivity index (χ3n) is 7.29. The van der Waals surface area contributed by atoms with Gasteiger partial charge < -0.3 is 18.6 Å². The first-order valence-corrected chi connectivity index (χ1v) is 15.5. The normalized spacial score (nSPS) is 22.7. The Kier molecular flexibility index (Phi) is 8.95. The van der Waals surface area contributed by atoms with Gasteiger partial charge in [0.15, 0.2) is 11.9 Å². The maximum atomic E-state index is 12.9. The van der Waals surface area contributed by atoms with Gasteiger partial charge in [0, 0.05) is 19.1 Å². The minimum absolute atomic E-state index is 0.0558. The van der Waals surface area contributed by atoms with E-state index in [0.717, 1.165) is 36.2 Å². The van der Waals surface area contributed by atoms with E-state index in [-0.39, 0.29) is 23.7 Å². The number of ether oxygens (including phenoxy) is 3. The summed E-state index contributed by atoms with van der Waals surface area (Å²) in [5, 5.41) is 2.10. The van der Waals surface area contributed by atoms with Crippen molar-refractivity contribution in [1.82, 2.24) is 0 Å². The third kappa shape index (κ3) is 6.30. The van der Waals surface area contributed by atoms with E-state index >= 15 is 0 Å². The average molecular weight is 533 g/mol. The zero-order valence-corrected chi connectivity index (χ0v) is 24.3. The number of allylic oxidation sites excluding steroid dienone is 1. The maximum absolute atomic E-state index is 12.9. The van der Waals surface area contributed by atoms with Crippen LogP contribution in [-0.2, 0) is 23.4 Å². The van der Waals surface area contributed by atoms with Gasteiger partial charge in [0.05, 0.1) is 5.76 Å². The van der Waals surface area contributed by atoms with Gasteiger partial charge in [-0.25, -0.2) is 0 Å². The van der Waals surface area contributed by atoms with E-state index in [0.29, 0.717) is 12.2 Å². The van der Waals surface area contributed by atoms with Crippen LogP contribution in [0.5, 0.6) is 0 Å². The number of ketones is 1. The van der Waals surface area contributed by atoms with Gasteiger partial charge in [-0.2, -0.15) is 0 Å². The standard InChI is InChI=1S/C32H40O5Si/c1-25-23-29(33)32(5,36-25)24-26(15-14-22-35-30-20-12-13-21-34-30)37-38(31(2,3)4,27-16-8-6-9-17-27)28-18-10-7-11-19-28/h6-11,16-19,23,26,30H,12-13,20-22,24H2,1-5H3. The molecular weight excluding hydrogens is 492 g/mol. The van der Waals surface area contributed by atoms with Crippen molar-refractivity contribution in [1.29, 1.82) is 0 Å². The van der Waals surface area contributed by atoms with Gasteiger partial charge in [0.25, 0.3) is 8.32 Å². The van der Waals surface area contributed by atoms with Crippen LogP contribution in [0.3, 0.4) is 0 Å². The highest BCUT2D eigenvalue weighted by Gasteiger charge is 2.52. The van der Waals surface area contributed by atoms with E-state index in [2.05, 4.69) is 81.1 Å². The van der Waals surface area contributed by atoms with Gasteiger partial charge in [0.2, 0.25) is 5.78 Å². The minimum atomic E-state index is -2.90. The topological polar surface area (TPSA) is 54.0 Å².